The largest absolute Gasteiger partial charge is 0.309 e. The molecule has 0 spiro atoms. The van der Waals surface area contributed by atoms with Gasteiger partial charge in [-0.25, -0.2) is 9.97 Å². The molecule has 0 aliphatic heterocycles. The van der Waals surface area contributed by atoms with Gasteiger partial charge in [-0.1, -0.05) is 121 Å². The van der Waals surface area contributed by atoms with Crippen LogP contribution in [0.15, 0.2) is 176 Å². The van der Waals surface area contributed by atoms with Gasteiger partial charge in [-0.15, -0.1) is 11.3 Å². The van der Waals surface area contributed by atoms with Crippen molar-refractivity contribution in [1.29, 1.82) is 0 Å². The summed E-state index contributed by atoms with van der Waals surface area (Å²) in [5.74, 6) is 0.718. The number of para-hydroxylation sites is 1. The van der Waals surface area contributed by atoms with E-state index in [4.69, 9.17) is 9.97 Å². The molecular weight excluding hydrogens is 651 g/mol. The van der Waals surface area contributed by atoms with Gasteiger partial charge in [-0.3, -0.25) is 0 Å². The maximum absolute atomic E-state index is 5.15. The third kappa shape index (κ3) is 4.45. The third-order valence-electron chi connectivity index (χ3n) is 10.4. The molecule has 3 aromatic heterocycles. The van der Waals surface area contributed by atoms with E-state index in [9.17, 15) is 0 Å². The number of thiophene rings is 1. The first kappa shape index (κ1) is 29.1. The lowest BCUT2D eigenvalue weighted by molar-refractivity contribution is 1.18. The third-order valence-corrected chi connectivity index (χ3v) is 11.5. The first-order valence-corrected chi connectivity index (χ1v) is 18.4. The molecule has 11 aromatic rings. The zero-order chi connectivity index (χ0) is 34.2. The van der Waals surface area contributed by atoms with Gasteiger partial charge in [-0.05, 0) is 76.5 Å². The zero-order valence-corrected chi connectivity index (χ0v) is 28.8. The van der Waals surface area contributed by atoms with Crippen molar-refractivity contribution in [3.05, 3.63) is 176 Å². The smallest absolute Gasteiger partial charge is 0.160 e. The lowest BCUT2D eigenvalue weighted by Gasteiger charge is -2.13. The molecular formula is C48H29N3S. The fraction of sp³-hybridized carbons (Fsp3) is 0. The predicted molar refractivity (Wildman–Crippen MR) is 221 cm³/mol. The number of aromatic nitrogens is 3. The van der Waals surface area contributed by atoms with Crippen LogP contribution in [0.4, 0.5) is 0 Å². The molecule has 0 saturated heterocycles. The molecule has 0 fully saturated rings. The van der Waals surface area contributed by atoms with Crippen molar-refractivity contribution in [3.63, 3.8) is 0 Å². The van der Waals surface area contributed by atoms with Gasteiger partial charge in [0, 0.05) is 53.1 Å². The lowest BCUT2D eigenvalue weighted by Crippen LogP contribution is -1.97. The van der Waals surface area contributed by atoms with E-state index < -0.39 is 0 Å². The summed E-state index contributed by atoms with van der Waals surface area (Å²) in [6.45, 7) is 0. The van der Waals surface area contributed by atoms with Crippen LogP contribution in [0.25, 0.3) is 103 Å². The Morgan fingerprint density at radius 3 is 1.85 bits per heavy atom. The summed E-state index contributed by atoms with van der Waals surface area (Å²) in [6, 6.07) is 63.1. The molecule has 0 amide bonds. The normalized spacial score (nSPS) is 11.8. The molecule has 0 aliphatic carbocycles. The Morgan fingerprint density at radius 2 is 1.06 bits per heavy atom. The molecule has 242 valence electrons. The summed E-state index contributed by atoms with van der Waals surface area (Å²) < 4.78 is 5.06. The zero-order valence-electron chi connectivity index (χ0n) is 28.0. The van der Waals surface area contributed by atoms with Crippen molar-refractivity contribution in [2.24, 2.45) is 0 Å². The van der Waals surface area contributed by atoms with E-state index in [2.05, 4.69) is 168 Å². The minimum Gasteiger partial charge on any atom is -0.309 e. The highest BCUT2D eigenvalue weighted by Gasteiger charge is 2.20. The first-order valence-electron chi connectivity index (χ1n) is 17.6. The minimum absolute atomic E-state index is 0.718. The van der Waals surface area contributed by atoms with Crippen molar-refractivity contribution in [1.82, 2.24) is 14.5 Å². The molecule has 52 heavy (non-hydrogen) atoms. The van der Waals surface area contributed by atoms with Crippen molar-refractivity contribution < 1.29 is 0 Å². The number of fused-ring (bicyclic) bond motifs is 9. The van der Waals surface area contributed by atoms with Crippen molar-refractivity contribution in [2.75, 3.05) is 0 Å². The SMILES string of the molecule is c1ccc(-c2nc(-c3ccc(-n4c5cc6sc7ccccc7c6cc5c5c6ccccc6c(-c6ccccc6)cc54)cc3)nc3ccccc23)cc1. The number of nitrogens with zero attached hydrogens (tertiary/aromatic N) is 3. The molecule has 8 aromatic carbocycles. The van der Waals surface area contributed by atoms with E-state index in [1.165, 1.54) is 63.9 Å². The fourth-order valence-electron chi connectivity index (χ4n) is 8.01. The monoisotopic (exact) mass is 679 g/mol. The second-order valence-corrected chi connectivity index (χ2v) is 14.4. The van der Waals surface area contributed by atoms with Crippen LogP contribution >= 0.6 is 11.3 Å². The summed E-state index contributed by atoms with van der Waals surface area (Å²) in [5, 5.41) is 8.72. The summed E-state index contributed by atoms with van der Waals surface area (Å²) in [7, 11) is 0. The van der Waals surface area contributed by atoms with Crippen LogP contribution in [0.2, 0.25) is 0 Å². The maximum Gasteiger partial charge on any atom is 0.160 e. The van der Waals surface area contributed by atoms with Crippen LogP contribution < -0.4 is 0 Å². The van der Waals surface area contributed by atoms with Gasteiger partial charge in [0.05, 0.1) is 22.2 Å². The molecule has 4 heteroatoms. The van der Waals surface area contributed by atoms with E-state index in [0.29, 0.717) is 0 Å². The first-order chi connectivity index (χ1) is 25.8. The van der Waals surface area contributed by atoms with E-state index in [1.807, 2.05) is 23.5 Å². The topological polar surface area (TPSA) is 30.7 Å². The van der Waals surface area contributed by atoms with Crippen molar-refractivity contribution in [2.45, 2.75) is 0 Å². The van der Waals surface area contributed by atoms with Crippen LogP contribution in [-0.2, 0) is 0 Å². The molecule has 0 N–H and O–H groups in total. The molecule has 3 nitrogen and oxygen atoms in total. The Bertz CT molecular complexity index is 3160. The molecule has 0 saturated carbocycles. The van der Waals surface area contributed by atoms with Crippen LogP contribution in [-0.4, -0.2) is 14.5 Å². The van der Waals surface area contributed by atoms with Gasteiger partial charge >= 0.3 is 0 Å². The average Bonchev–Trinajstić information content (AvgIpc) is 3.74. The van der Waals surface area contributed by atoms with Gasteiger partial charge in [0.2, 0.25) is 0 Å². The summed E-state index contributed by atoms with van der Waals surface area (Å²) >= 11 is 1.86. The molecule has 0 bridgehead atoms. The number of hydrogen-bond acceptors (Lipinski definition) is 3. The molecule has 3 heterocycles. The van der Waals surface area contributed by atoms with Gasteiger partial charge in [-0.2, -0.15) is 0 Å². The second-order valence-electron chi connectivity index (χ2n) is 13.4. The van der Waals surface area contributed by atoms with Gasteiger partial charge < -0.3 is 4.57 Å². The Balaban J connectivity index is 1.18. The summed E-state index contributed by atoms with van der Waals surface area (Å²) in [6.07, 6.45) is 0. The van der Waals surface area contributed by atoms with E-state index >= 15 is 0 Å². The highest BCUT2D eigenvalue weighted by molar-refractivity contribution is 7.25. The molecule has 0 radical (unpaired) electrons. The van der Waals surface area contributed by atoms with E-state index in [-0.39, 0.29) is 0 Å². The van der Waals surface area contributed by atoms with Gasteiger partial charge in [0.1, 0.15) is 0 Å². The summed E-state index contributed by atoms with van der Waals surface area (Å²) in [5.41, 5.74) is 9.87. The average molecular weight is 680 g/mol. The fourth-order valence-corrected chi connectivity index (χ4v) is 9.13. The molecule has 0 aliphatic rings. The van der Waals surface area contributed by atoms with Crippen molar-refractivity contribution >= 4 is 75.0 Å². The maximum atomic E-state index is 5.15. The van der Waals surface area contributed by atoms with Crippen LogP contribution in [0.5, 0.6) is 0 Å². The second kappa shape index (κ2) is 11.5. The highest BCUT2D eigenvalue weighted by atomic mass is 32.1. The Hall–Kier alpha value is -6.62. The number of hydrogen-bond donors (Lipinski definition) is 0. The predicted octanol–water partition coefficient (Wildman–Crippen LogP) is 13.2. The molecule has 0 unspecified atom stereocenters. The minimum atomic E-state index is 0.718. The summed E-state index contributed by atoms with van der Waals surface area (Å²) in [4.78, 5) is 10.2. The lowest BCUT2D eigenvalue weighted by atomic mass is 9.94. The van der Waals surface area contributed by atoms with Crippen LogP contribution in [0.3, 0.4) is 0 Å². The highest BCUT2D eigenvalue weighted by Crippen LogP contribution is 2.45. The quantitative estimate of drug-likeness (QED) is 0.185. The van der Waals surface area contributed by atoms with Gasteiger partial charge in [0.15, 0.2) is 5.82 Å². The Labute approximate surface area is 303 Å². The Morgan fingerprint density at radius 1 is 0.404 bits per heavy atom. The van der Waals surface area contributed by atoms with Crippen LogP contribution in [0.1, 0.15) is 0 Å². The van der Waals surface area contributed by atoms with Gasteiger partial charge in [0.25, 0.3) is 0 Å². The van der Waals surface area contributed by atoms with Crippen LogP contribution in [0, 0.1) is 0 Å². The number of rotatable bonds is 4. The molecule has 0 atom stereocenters. The Kier molecular flexibility index (Phi) is 6.42. The van der Waals surface area contributed by atoms with E-state index in [0.717, 1.165) is 39.2 Å². The standard InChI is InChI=1S/C48H29N3S/c1-3-13-30(14-4-1)38-28-43-46(36-19-8-7-17-34(36)38)40-27-39-35-18-10-12-22-44(35)52-45(39)29-42(40)51(43)33-25-23-32(24-26-33)48-49-41-21-11-9-20-37(41)47(50-48)31-15-5-2-6-16-31/h1-29H. The van der Waals surface area contributed by atoms with E-state index in [1.54, 1.807) is 0 Å². The number of benzene rings is 8. The van der Waals surface area contributed by atoms with Crippen molar-refractivity contribution in [3.8, 4) is 39.5 Å². The molecule has 11 rings (SSSR count).